The van der Waals surface area contributed by atoms with E-state index < -0.39 is 0 Å². The summed E-state index contributed by atoms with van der Waals surface area (Å²) in [6, 6.07) is 7.43. The summed E-state index contributed by atoms with van der Waals surface area (Å²) < 4.78 is 5.75. The van der Waals surface area contributed by atoms with E-state index in [0.717, 1.165) is 5.56 Å². The highest BCUT2D eigenvalue weighted by molar-refractivity contribution is 8.26. The van der Waals surface area contributed by atoms with Crippen molar-refractivity contribution in [2.24, 2.45) is 0 Å². The number of para-hydroxylation sites is 1. The molecule has 26 heavy (non-hydrogen) atoms. The van der Waals surface area contributed by atoms with Gasteiger partial charge in [-0.3, -0.25) is 14.5 Å². The first-order chi connectivity index (χ1) is 12.6. The van der Waals surface area contributed by atoms with Crippen molar-refractivity contribution in [1.29, 1.82) is 0 Å². The number of rotatable bonds is 6. The van der Waals surface area contributed by atoms with Crippen molar-refractivity contribution >= 4 is 62.7 Å². The molecule has 6 nitrogen and oxygen atoms in total. The largest absolute Gasteiger partial charge is 0.496 e. The normalized spacial score (nSPS) is 15.6. The van der Waals surface area contributed by atoms with Crippen molar-refractivity contribution in [2.75, 3.05) is 19.0 Å². The Morgan fingerprint density at radius 1 is 1.42 bits per heavy atom. The number of ether oxygens (including phenoxy) is 1. The minimum Gasteiger partial charge on any atom is -0.496 e. The van der Waals surface area contributed by atoms with E-state index in [1.54, 1.807) is 24.8 Å². The van der Waals surface area contributed by atoms with Gasteiger partial charge >= 0.3 is 0 Å². The fourth-order valence-corrected chi connectivity index (χ4v) is 4.14. The van der Waals surface area contributed by atoms with Crippen LogP contribution < -0.4 is 10.1 Å². The van der Waals surface area contributed by atoms with E-state index in [9.17, 15) is 9.59 Å². The smallest absolute Gasteiger partial charge is 0.266 e. The van der Waals surface area contributed by atoms with Gasteiger partial charge in [0.15, 0.2) is 5.13 Å². The first-order valence-electron chi connectivity index (χ1n) is 7.66. The van der Waals surface area contributed by atoms with Gasteiger partial charge in [0.05, 0.1) is 12.0 Å². The maximum Gasteiger partial charge on any atom is 0.266 e. The number of methoxy groups -OCH3 is 1. The highest BCUT2D eigenvalue weighted by atomic mass is 32.2. The lowest BCUT2D eigenvalue weighted by atomic mass is 10.2. The Morgan fingerprint density at radius 3 is 2.96 bits per heavy atom. The number of carbonyl (C=O) groups excluding carboxylic acids is 2. The number of carbonyl (C=O) groups is 2. The molecule has 1 aliphatic rings. The summed E-state index contributed by atoms with van der Waals surface area (Å²) in [5.41, 5.74) is 0.803. The molecule has 1 N–H and O–H groups in total. The van der Waals surface area contributed by atoms with Crippen molar-refractivity contribution in [3.05, 3.63) is 46.3 Å². The third-order valence-electron chi connectivity index (χ3n) is 3.54. The molecule has 0 saturated carbocycles. The van der Waals surface area contributed by atoms with Crippen LogP contribution >= 0.6 is 35.3 Å². The molecule has 9 heteroatoms. The average Bonchev–Trinajstić information content (AvgIpc) is 3.22. The molecular formula is C17H15N3O3S3. The van der Waals surface area contributed by atoms with E-state index in [4.69, 9.17) is 17.0 Å². The van der Waals surface area contributed by atoms with Gasteiger partial charge in [0.1, 0.15) is 10.1 Å². The Labute approximate surface area is 164 Å². The number of thiazole rings is 1. The van der Waals surface area contributed by atoms with Crippen molar-refractivity contribution < 1.29 is 14.3 Å². The lowest BCUT2D eigenvalue weighted by Gasteiger charge is -2.13. The molecule has 0 bridgehead atoms. The molecule has 2 amide bonds. The zero-order chi connectivity index (χ0) is 18.5. The van der Waals surface area contributed by atoms with Gasteiger partial charge in [0.2, 0.25) is 5.91 Å². The van der Waals surface area contributed by atoms with E-state index in [0.29, 0.717) is 20.1 Å². The standard InChI is InChI=1S/C17H15N3O3S3/c1-23-12-5-3-2-4-11(12)10-13-15(22)20(17(24)26-13)8-6-14(21)19-16-18-7-9-25-16/h2-5,7,9-10H,6,8H2,1H3,(H,18,19,21)/b13-10+. The molecule has 0 atom stereocenters. The van der Waals surface area contributed by atoms with Crippen LogP contribution in [-0.4, -0.2) is 39.7 Å². The Hall–Kier alpha value is -2.23. The summed E-state index contributed by atoms with van der Waals surface area (Å²) in [5.74, 6) is 0.274. The molecule has 1 aromatic carbocycles. The second-order valence-electron chi connectivity index (χ2n) is 5.21. The summed E-state index contributed by atoms with van der Waals surface area (Å²) in [6.45, 7) is 0.227. The van der Waals surface area contributed by atoms with Gasteiger partial charge in [-0.2, -0.15) is 0 Å². The van der Waals surface area contributed by atoms with Gasteiger partial charge in [-0.15, -0.1) is 11.3 Å². The lowest BCUT2D eigenvalue weighted by molar-refractivity contribution is -0.122. The molecule has 0 radical (unpaired) electrons. The van der Waals surface area contributed by atoms with Crippen LogP contribution in [0.25, 0.3) is 6.08 Å². The predicted octanol–water partition coefficient (Wildman–Crippen LogP) is 3.38. The lowest BCUT2D eigenvalue weighted by Crippen LogP contribution is -2.31. The molecule has 134 valence electrons. The number of aromatic nitrogens is 1. The third kappa shape index (κ3) is 4.29. The second kappa shape index (κ2) is 8.43. The van der Waals surface area contributed by atoms with Gasteiger partial charge in [-0.05, 0) is 12.1 Å². The van der Waals surface area contributed by atoms with Gasteiger partial charge < -0.3 is 10.1 Å². The summed E-state index contributed by atoms with van der Waals surface area (Å²) >= 11 is 7.86. The van der Waals surface area contributed by atoms with Crippen LogP contribution in [0.3, 0.4) is 0 Å². The molecule has 0 unspecified atom stereocenters. The number of benzene rings is 1. The maximum atomic E-state index is 12.6. The molecule has 2 aromatic rings. The SMILES string of the molecule is COc1ccccc1/C=C1/SC(=S)N(CCC(=O)Nc2nccs2)C1=O. The van der Waals surface area contributed by atoms with Crippen molar-refractivity contribution in [3.63, 3.8) is 0 Å². The van der Waals surface area contributed by atoms with Crippen LogP contribution in [0.4, 0.5) is 5.13 Å². The highest BCUT2D eigenvalue weighted by Gasteiger charge is 2.32. The van der Waals surface area contributed by atoms with Crippen LogP contribution in [0, 0.1) is 0 Å². The van der Waals surface area contributed by atoms with Crippen molar-refractivity contribution in [3.8, 4) is 5.75 Å². The summed E-state index contributed by atoms with van der Waals surface area (Å²) in [6.07, 6.45) is 3.52. The number of nitrogens with one attached hydrogen (secondary N) is 1. The Kier molecular flexibility index (Phi) is 6.02. The van der Waals surface area contributed by atoms with Crippen molar-refractivity contribution in [2.45, 2.75) is 6.42 Å². The third-order valence-corrected chi connectivity index (χ3v) is 5.61. The van der Waals surface area contributed by atoms with E-state index >= 15 is 0 Å². The maximum absolute atomic E-state index is 12.6. The zero-order valence-corrected chi connectivity index (χ0v) is 16.2. The molecule has 1 fully saturated rings. The van der Waals surface area contributed by atoms with Crippen LogP contribution in [0.15, 0.2) is 40.7 Å². The Morgan fingerprint density at radius 2 is 2.23 bits per heavy atom. The van der Waals surface area contributed by atoms with Crippen LogP contribution in [0.2, 0.25) is 0 Å². The van der Waals surface area contributed by atoms with E-state index in [1.165, 1.54) is 28.0 Å². The van der Waals surface area contributed by atoms with Gasteiger partial charge in [-0.25, -0.2) is 4.98 Å². The topological polar surface area (TPSA) is 71.5 Å². The van der Waals surface area contributed by atoms with Gasteiger partial charge in [-0.1, -0.05) is 42.2 Å². The predicted molar refractivity (Wildman–Crippen MR) is 108 cm³/mol. The number of thiocarbonyl (C=S) groups is 1. The first-order valence-corrected chi connectivity index (χ1v) is 9.76. The number of nitrogens with zero attached hydrogens (tertiary/aromatic N) is 2. The summed E-state index contributed by atoms with van der Waals surface area (Å²) in [7, 11) is 1.58. The molecule has 1 saturated heterocycles. The van der Waals surface area contributed by atoms with E-state index in [2.05, 4.69) is 10.3 Å². The zero-order valence-electron chi connectivity index (χ0n) is 13.8. The fourth-order valence-electron chi connectivity index (χ4n) is 2.30. The molecular weight excluding hydrogens is 390 g/mol. The minimum absolute atomic E-state index is 0.147. The van der Waals surface area contributed by atoms with E-state index in [-0.39, 0.29) is 24.8 Å². The molecule has 1 aliphatic heterocycles. The molecule has 2 heterocycles. The molecule has 3 rings (SSSR count). The number of amides is 2. The van der Waals surface area contributed by atoms with Crippen LogP contribution in [0.1, 0.15) is 12.0 Å². The van der Waals surface area contributed by atoms with Gasteiger partial charge in [0.25, 0.3) is 5.91 Å². The van der Waals surface area contributed by atoms with Crippen LogP contribution in [-0.2, 0) is 9.59 Å². The number of hydrogen-bond acceptors (Lipinski definition) is 7. The average molecular weight is 406 g/mol. The van der Waals surface area contributed by atoms with Crippen molar-refractivity contribution in [1.82, 2.24) is 9.88 Å². The summed E-state index contributed by atoms with van der Waals surface area (Å²) in [5, 5.41) is 5.01. The van der Waals surface area contributed by atoms with Crippen LogP contribution in [0.5, 0.6) is 5.75 Å². The van der Waals surface area contributed by atoms with E-state index in [1.807, 2.05) is 24.3 Å². The quantitative estimate of drug-likeness (QED) is 0.587. The monoisotopic (exact) mass is 405 g/mol. The molecule has 0 spiro atoms. The highest BCUT2D eigenvalue weighted by Crippen LogP contribution is 2.34. The number of hydrogen-bond donors (Lipinski definition) is 1. The second-order valence-corrected chi connectivity index (χ2v) is 7.78. The summed E-state index contributed by atoms with van der Waals surface area (Å²) in [4.78, 5) is 30.5. The number of thioether (sulfide) groups is 1. The minimum atomic E-state index is -0.206. The van der Waals surface area contributed by atoms with Gasteiger partial charge in [0, 0.05) is 30.1 Å². The Balaban J connectivity index is 1.65. The Bertz CT molecular complexity index is 865. The number of anilines is 1. The first kappa shape index (κ1) is 18.6. The molecule has 1 aromatic heterocycles. The molecule has 0 aliphatic carbocycles. The fraction of sp³-hybridized carbons (Fsp3) is 0.176.